The minimum atomic E-state index is 0. The van der Waals surface area contributed by atoms with Crippen molar-refractivity contribution in [1.82, 2.24) is 9.97 Å². The van der Waals surface area contributed by atoms with Crippen molar-refractivity contribution >= 4 is 30.1 Å². The van der Waals surface area contributed by atoms with Crippen LogP contribution in [0.25, 0.3) is 0 Å². The lowest BCUT2D eigenvalue weighted by molar-refractivity contribution is 0.625. The van der Waals surface area contributed by atoms with Crippen molar-refractivity contribution in [2.24, 2.45) is 11.7 Å². The van der Waals surface area contributed by atoms with Gasteiger partial charge in [-0.05, 0) is 18.7 Å². The van der Waals surface area contributed by atoms with E-state index >= 15 is 0 Å². The second-order valence-electron chi connectivity index (χ2n) is 3.17. The van der Waals surface area contributed by atoms with Gasteiger partial charge in [0, 0.05) is 23.8 Å². The fourth-order valence-corrected chi connectivity index (χ4v) is 1.18. The second kappa shape index (κ2) is 7.73. The molecule has 0 spiro atoms. The average molecular weight is 249 g/mol. The molecule has 0 aliphatic rings. The molecule has 1 aromatic rings. The summed E-state index contributed by atoms with van der Waals surface area (Å²) in [6, 6.07) is 0. The molecule has 1 unspecified atom stereocenters. The molecule has 0 fully saturated rings. The molecule has 0 saturated heterocycles. The molecule has 0 bridgehead atoms. The molecule has 0 aliphatic carbocycles. The zero-order valence-electron chi connectivity index (χ0n) is 8.93. The zero-order valence-corrected chi connectivity index (χ0v) is 10.6. The van der Waals surface area contributed by atoms with E-state index in [1.54, 1.807) is 11.8 Å². The summed E-state index contributed by atoms with van der Waals surface area (Å²) in [6.45, 7) is 3.58. The molecular formula is C9H17ClN4S. The average Bonchev–Trinajstić information content (AvgIpc) is 2.26. The zero-order chi connectivity index (χ0) is 10.4. The van der Waals surface area contributed by atoms with Gasteiger partial charge >= 0.3 is 0 Å². The van der Waals surface area contributed by atoms with E-state index in [9.17, 15) is 0 Å². The number of nitrogens with zero attached hydrogens (tertiary/aromatic N) is 2. The highest BCUT2D eigenvalue weighted by Crippen LogP contribution is 2.11. The molecule has 1 heterocycles. The number of hydrogen-bond donors (Lipinski definition) is 2. The summed E-state index contributed by atoms with van der Waals surface area (Å²) in [5.41, 5.74) is 5.50. The van der Waals surface area contributed by atoms with Crippen LogP contribution < -0.4 is 11.1 Å². The van der Waals surface area contributed by atoms with E-state index in [0.29, 0.717) is 18.4 Å². The lowest BCUT2D eigenvalue weighted by atomic mass is 10.2. The maximum absolute atomic E-state index is 5.50. The van der Waals surface area contributed by atoms with Gasteiger partial charge in [0.2, 0.25) is 5.95 Å². The summed E-state index contributed by atoms with van der Waals surface area (Å²) in [4.78, 5) is 9.42. The Morgan fingerprint density at radius 3 is 2.53 bits per heavy atom. The first-order valence-electron chi connectivity index (χ1n) is 4.56. The first-order chi connectivity index (χ1) is 6.76. The molecule has 0 saturated carbocycles. The second-order valence-corrected chi connectivity index (χ2v) is 4.05. The molecule has 1 atom stereocenters. The third kappa shape index (κ3) is 5.20. The van der Waals surface area contributed by atoms with E-state index in [2.05, 4.69) is 22.2 Å². The van der Waals surface area contributed by atoms with E-state index in [4.69, 9.17) is 5.73 Å². The van der Waals surface area contributed by atoms with E-state index < -0.39 is 0 Å². The number of halogens is 1. The lowest BCUT2D eigenvalue weighted by Crippen LogP contribution is -2.20. The van der Waals surface area contributed by atoms with E-state index in [-0.39, 0.29) is 12.4 Å². The lowest BCUT2D eigenvalue weighted by Gasteiger charge is -2.09. The van der Waals surface area contributed by atoms with Crippen molar-refractivity contribution in [3.05, 3.63) is 12.4 Å². The number of thioether (sulfide) groups is 1. The van der Waals surface area contributed by atoms with Crippen molar-refractivity contribution in [3.8, 4) is 0 Å². The molecule has 0 amide bonds. The molecule has 1 rings (SSSR count). The topological polar surface area (TPSA) is 63.8 Å². The quantitative estimate of drug-likeness (QED) is 0.776. The summed E-state index contributed by atoms with van der Waals surface area (Å²) >= 11 is 1.63. The van der Waals surface area contributed by atoms with Crippen LogP contribution in [0.15, 0.2) is 17.3 Å². The number of hydrogen-bond acceptors (Lipinski definition) is 5. The van der Waals surface area contributed by atoms with Crippen LogP contribution in [0.2, 0.25) is 0 Å². The minimum Gasteiger partial charge on any atom is -0.354 e. The Morgan fingerprint density at radius 2 is 2.07 bits per heavy atom. The monoisotopic (exact) mass is 248 g/mol. The highest BCUT2D eigenvalue weighted by Gasteiger charge is 2.00. The first-order valence-corrected chi connectivity index (χ1v) is 5.78. The van der Waals surface area contributed by atoms with Gasteiger partial charge in [-0.2, -0.15) is 0 Å². The van der Waals surface area contributed by atoms with Crippen LogP contribution >= 0.6 is 24.2 Å². The highest BCUT2D eigenvalue weighted by molar-refractivity contribution is 7.98. The Balaban J connectivity index is 0.00000196. The molecule has 6 heteroatoms. The van der Waals surface area contributed by atoms with Crippen LogP contribution in [0.5, 0.6) is 0 Å². The maximum atomic E-state index is 5.50. The molecule has 15 heavy (non-hydrogen) atoms. The van der Waals surface area contributed by atoms with Crippen LogP contribution in [-0.2, 0) is 0 Å². The molecule has 3 N–H and O–H groups in total. The summed E-state index contributed by atoms with van der Waals surface area (Å²) < 4.78 is 0. The van der Waals surface area contributed by atoms with Crippen LogP contribution in [0.4, 0.5) is 5.95 Å². The Labute approximate surface area is 101 Å². The van der Waals surface area contributed by atoms with Crippen molar-refractivity contribution < 1.29 is 0 Å². The SMILES string of the molecule is CSc1cnc(NCC(C)CN)nc1.Cl. The van der Waals surface area contributed by atoms with Crippen molar-refractivity contribution in [2.75, 3.05) is 24.7 Å². The van der Waals surface area contributed by atoms with Gasteiger partial charge in [0.1, 0.15) is 0 Å². The molecule has 0 radical (unpaired) electrons. The Morgan fingerprint density at radius 1 is 1.47 bits per heavy atom. The number of nitrogens with two attached hydrogens (primary N) is 1. The molecule has 1 aromatic heterocycles. The number of nitrogens with one attached hydrogen (secondary N) is 1. The third-order valence-electron chi connectivity index (χ3n) is 1.87. The van der Waals surface area contributed by atoms with Gasteiger partial charge in [0.25, 0.3) is 0 Å². The van der Waals surface area contributed by atoms with Crippen LogP contribution in [-0.4, -0.2) is 29.3 Å². The Bertz CT molecular complexity index is 267. The normalized spacial score (nSPS) is 11.7. The predicted octanol–water partition coefficient (Wildman–Crippen LogP) is 1.63. The molecule has 0 aliphatic heterocycles. The molecule has 4 nitrogen and oxygen atoms in total. The van der Waals surface area contributed by atoms with E-state index in [1.165, 1.54) is 0 Å². The van der Waals surface area contributed by atoms with Gasteiger partial charge in [-0.1, -0.05) is 6.92 Å². The molecule has 0 aromatic carbocycles. The van der Waals surface area contributed by atoms with Crippen molar-refractivity contribution in [3.63, 3.8) is 0 Å². The van der Waals surface area contributed by atoms with Gasteiger partial charge in [-0.25, -0.2) is 9.97 Å². The van der Waals surface area contributed by atoms with Crippen molar-refractivity contribution in [2.45, 2.75) is 11.8 Å². The van der Waals surface area contributed by atoms with Crippen LogP contribution in [0.3, 0.4) is 0 Å². The van der Waals surface area contributed by atoms with E-state index in [1.807, 2.05) is 18.6 Å². The Hall–Kier alpha value is -0.520. The first kappa shape index (κ1) is 14.5. The van der Waals surface area contributed by atoms with Gasteiger partial charge in [0.15, 0.2) is 0 Å². The fourth-order valence-electron chi connectivity index (χ4n) is 0.862. The van der Waals surface area contributed by atoms with Gasteiger partial charge in [-0.3, -0.25) is 0 Å². The smallest absolute Gasteiger partial charge is 0.222 e. The van der Waals surface area contributed by atoms with Crippen LogP contribution in [0, 0.1) is 5.92 Å². The fraction of sp³-hybridized carbons (Fsp3) is 0.556. The maximum Gasteiger partial charge on any atom is 0.222 e. The predicted molar refractivity (Wildman–Crippen MR) is 67.8 cm³/mol. The summed E-state index contributed by atoms with van der Waals surface area (Å²) in [6.07, 6.45) is 5.63. The van der Waals surface area contributed by atoms with Crippen LogP contribution in [0.1, 0.15) is 6.92 Å². The number of rotatable bonds is 5. The number of anilines is 1. The summed E-state index contributed by atoms with van der Waals surface area (Å²) in [7, 11) is 0. The Kier molecular flexibility index (Phi) is 7.46. The summed E-state index contributed by atoms with van der Waals surface area (Å²) in [5, 5.41) is 3.14. The summed E-state index contributed by atoms with van der Waals surface area (Å²) in [5.74, 6) is 1.11. The molecule has 86 valence electrons. The third-order valence-corrected chi connectivity index (χ3v) is 2.56. The van der Waals surface area contributed by atoms with Gasteiger partial charge < -0.3 is 11.1 Å². The van der Waals surface area contributed by atoms with Gasteiger partial charge in [0.05, 0.1) is 0 Å². The highest BCUT2D eigenvalue weighted by atomic mass is 35.5. The van der Waals surface area contributed by atoms with E-state index in [0.717, 1.165) is 11.4 Å². The van der Waals surface area contributed by atoms with Gasteiger partial charge in [-0.15, -0.1) is 24.2 Å². The largest absolute Gasteiger partial charge is 0.354 e. The number of aromatic nitrogens is 2. The molecular weight excluding hydrogens is 232 g/mol. The van der Waals surface area contributed by atoms with Crippen molar-refractivity contribution in [1.29, 1.82) is 0 Å². The standard InChI is InChI=1S/C9H16N4S.ClH/c1-7(3-10)4-11-9-12-5-8(14-2)6-13-9;/h5-7H,3-4,10H2,1-2H3,(H,11,12,13);1H. The minimum absolute atomic E-state index is 0.